The Hall–Kier alpha value is -0.950. The smallest absolute Gasteiger partial charge is 0.0137 e. The summed E-state index contributed by atoms with van der Waals surface area (Å²) < 4.78 is 0. The second-order valence-electron chi connectivity index (χ2n) is 4.48. The average molecular weight is 230 g/mol. The molecule has 1 heteroatoms. The van der Waals surface area contributed by atoms with Crippen LogP contribution in [0.15, 0.2) is 51.8 Å². The van der Waals surface area contributed by atoms with Crippen molar-refractivity contribution in [3.63, 3.8) is 0 Å². The molecule has 0 saturated carbocycles. The van der Waals surface area contributed by atoms with Gasteiger partial charge in [0, 0.05) is 9.80 Å². The minimum Gasteiger partial charge on any atom is -0.0947 e. The van der Waals surface area contributed by atoms with E-state index >= 15 is 0 Å². The maximum atomic E-state index is 4.18. The predicted octanol–water partition coefficient (Wildman–Crippen LogP) is 5.10. The minimum absolute atomic E-state index is 1.16. The lowest BCUT2D eigenvalue weighted by atomic mass is 9.97. The van der Waals surface area contributed by atoms with Crippen molar-refractivity contribution in [2.75, 3.05) is 0 Å². The number of allylic oxidation sites excluding steroid dienone is 2. The van der Waals surface area contributed by atoms with E-state index in [-0.39, 0.29) is 0 Å². The lowest BCUT2D eigenvalue weighted by molar-refractivity contribution is 0.781. The molecule has 1 aliphatic rings. The first-order chi connectivity index (χ1) is 7.66. The van der Waals surface area contributed by atoms with E-state index < -0.39 is 0 Å². The molecule has 0 fully saturated rings. The van der Waals surface area contributed by atoms with Gasteiger partial charge in [-0.25, -0.2) is 0 Å². The topological polar surface area (TPSA) is 0 Å². The first-order valence-corrected chi connectivity index (χ1v) is 6.61. The fourth-order valence-corrected chi connectivity index (χ4v) is 3.01. The van der Waals surface area contributed by atoms with E-state index in [1.807, 2.05) is 11.8 Å². The third kappa shape index (κ3) is 2.59. The Labute approximate surface area is 102 Å². The van der Waals surface area contributed by atoms with E-state index in [0.29, 0.717) is 0 Å². The highest BCUT2D eigenvalue weighted by Gasteiger charge is 2.13. The number of rotatable bonds is 2. The summed E-state index contributed by atoms with van der Waals surface area (Å²) >= 11 is 1.87. The van der Waals surface area contributed by atoms with Crippen molar-refractivity contribution < 1.29 is 0 Å². The molecule has 16 heavy (non-hydrogen) atoms. The number of hydrogen-bond donors (Lipinski definition) is 0. The number of hydrogen-bond acceptors (Lipinski definition) is 1. The average Bonchev–Trinajstić information content (AvgIpc) is 2.26. The summed E-state index contributed by atoms with van der Waals surface area (Å²) in [6.45, 7) is 8.54. The van der Waals surface area contributed by atoms with Crippen molar-refractivity contribution in [1.29, 1.82) is 0 Å². The fraction of sp³-hybridized carbons (Fsp3) is 0.333. The van der Waals surface area contributed by atoms with Crippen molar-refractivity contribution in [3.05, 3.63) is 52.5 Å². The largest absolute Gasteiger partial charge is 0.0947 e. The van der Waals surface area contributed by atoms with Crippen LogP contribution in [0.4, 0.5) is 0 Å². The van der Waals surface area contributed by atoms with E-state index in [4.69, 9.17) is 0 Å². The molecule has 0 radical (unpaired) electrons. The molecule has 84 valence electrons. The molecule has 0 N–H and O–H groups in total. The van der Waals surface area contributed by atoms with Gasteiger partial charge in [0.15, 0.2) is 0 Å². The van der Waals surface area contributed by atoms with E-state index in [2.05, 4.69) is 44.7 Å². The summed E-state index contributed by atoms with van der Waals surface area (Å²) in [7, 11) is 0. The van der Waals surface area contributed by atoms with Gasteiger partial charge in [-0.3, -0.25) is 0 Å². The summed E-state index contributed by atoms with van der Waals surface area (Å²) in [4.78, 5) is 2.73. The highest BCUT2D eigenvalue weighted by molar-refractivity contribution is 8.03. The Bertz CT molecular complexity index is 423. The molecule has 1 aliphatic carbocycles. The number of thioether (sulfide) groups is 1. The predicted molar refractivity (Wildman–Crippen MR) is 72.7 cm³/mol. The van der Waals surface area contributed by atoms with Crippen LogP contribution in [0.1, 0.15) is 31.7 Å². The first-order valence-electron chi connectivity index (χ1n) is 5.79. The van der Waals surface area contributed by atoms with Crippen LogP contribution in [-0.4, -0.2) is 0 Å². The lowest BCUT2D eigenvalue weighted by Crippen LogP contribution is -1.97. The van der Waals surface area contributed by atoms with Gasteiger partial charge < -0.3 is 0 Å². The molecule has 0 spiro atoms. The SMILES string of the molecule is C=C1CCCC(C)=C1Sc1ccc(C)cc1. The molecule has 0 bridgehead atoms. The zero-order valence-electron chi connectivity index (χ0n) is 10.0. The van der Waals surface area contributed by atoms with Crippen LogP contribution in [0, 0.1) is 6.92 Å². The normalized spacial score (nSPS) is 16.8. The summed E-state index contributed by atoms with van der Waals surface area (Å²) in [6.07, 6.45) is 3.65. The molecule has 0 unspecified atom stereocenters. The second kappa shape index (κ2) is 4.92. The van der Waals surface area contributed by atoms with Gasteiger partial charge in [0.2, 0.25) is 0 Å². The van der Waals surface area contributed by atoms with E-state index in [1.54, 1.807) is 0 Å². The van der Waals surface area contributed by atoms with Crippen molar-refractivity contribution in [2.24, 2.45) is 0 Å². The second-order valence-corrected chi connectivity index (χ2v) is 5.57. The van der Waals surface area contributed by atoms with E-state index in [0.717, 1.165) is 6.42 Å². The molecule has 0 heterocycles. The molecule has 0 aromatic heterocycles. The summed E-state index contributed by atoms with van der Waals surface area (Å²) in [5.74, 6) is 0. The van der Waals surface area contributed by atoms with Crippen LogP contribution in [0.2, 0.25) is 0 Å². The van der Waals surface area contributed by atoms with Crippen LogP contribution in [-0.2, 0) is 0 Å². The van der Waals surface area contributed by atoms with Gasteiger partial charge in [-0.2, -0.15) is 0 Å². The Morgan fingerprint density at radius 2 is 1.75 bits per heavy atom. The molecule has 0 amide bonds. The van der Waals surface area contributed by atoms with Crippen molar-refractivity contribution in [1.82, 2.24) is 0 Å². The molecule has 1 aromatic rings. The standard InChI is InChI=1S/C15H18S/c1-11-7-9-14(10-8-11)16-15-12(2)5-4-6-13(15)3/h7-10H,2,4-6H2,1,3H3. The Morgan fingerprint density at radius 3 is 2.38 bits per heavy atom. The lowest BCUT2D eigenvalue weighted by Gasteiger charge is -2.19. The zero-order valence-corrected chi connectivity index (χ0v) is 10.9. The van der Waals surface area contributed by atoms with Gasteiger partial charge in [0.05, 0.1) is 0 Å². The molecular formula is C15H18S. The van der Waals surface area contributed by atoms with Crippen LogP contribution in [0.3, 0.4) is 0 Å². The Kier molecular flexibility index (Phi) is 3.55. The first kappa shape index (κ1) is 11.5. The van der Waals surface area contributed by atoms with Crippen molar-refractivity contribution in [3.8, 4) is 0 Å². The van der Waals surface area contributed by atoms with Crippen molar-refractivity contribution >= 4 is 11.8 Å². The fourth-order valence-electron chi connectivity index (χ4n) is 1.98. The van der Waals surface area contributed by atoms with E-state index in [9.17, 15) is 0 Å². The molecule has 0 saturated heterocycles. The third-order valence-electron chi connectivity index (χ3n) is 2.98. The van der Waals surface area contributed by atoms with Crippen molar-refractivity contribution in [2.45, 2.75) is 38.0 Å². The zero-order chi connectivity index (χ0) is 11.5. The van der Waals surface area contributed by atoms with E-state index in [1.165, 1.54) is 39.4 Å². The number of aryl methyl sites for hydroxylation is 1. The third-order valence-corrected chi connectivity index (χ3v) is 4.33. The highest BCUT2D eigenvalue weighted by Crippen LogP contribution is 2.39. The van der Waals surface area contributed by atoms with Crippen LogP contribution >= 0.6 is 11.8 Å². The summed E-state index contributed by atoms with van der Waals surface area (Å²) in [5, 5.41) is 0. The van der Waals surface area contributed by atoms with Gasteiger partial charge in [0.25, 0.3) is 0 Å². The highest BCUT2D eigenvalue weighted by atomic mass is 32.2. The quantitative estimate of drug-likeness (QED) is 0.681. The van der Waals surface area contributed by atoms with Crippen LogP contribution in [0.5, 0.6) is 0 Å². The molecule has 1 aromatic carbocycles. The maximum Gasteiger partial charge on any atom is 0.0137 e. The summed E-state index contributed by atoms with van der Waals surface area (Å²) in [6, 6.07) is 8.73. The molecular weight excluding hydrogens is 212 g/mol. The number of benzene rings is 1. The van der Waals surface area contributed by atoms with Gasteiger partial charge in [-0.1, -0.05) is 41.6 Å². The van der Waals surface area contributed by atoms with Gasteiger partial charge >= 0.3 is 0 Å². The van der Waals surface area contributed by atoms with Gasteiger partial charge in [0.1, 0.15) is 0 Å². The maximum absolute atomic E-state index is 4.18. The van der Waals surface area contributed by atoms with Crippen LogP contribution in [0.25, 0.3) is 0 Å². The molecule has 0 atom stereocenters. The minimum atomic E-state index is 1.16. The van der Waals surface area contributed by atoms with Gasteiger partial charge in [-0.15, -0.1) is 0 Å². The summed E-state index contributed by atoms with van der Waals surface area (Å²) in [5.41, 5.74) is 4.13. The molecule has 2 rings (SSSR count). The van der Waals surface area contributed by atoms with Gasteiger partial charge in [-0.05, 0) is 50.8 Å². The molecule has 0 aliphatic heterocycles. The Balaban J connectivity index is 2.20. The molecule has 0 nitrogen and oxygen atoms in total. The Morgan fingerprint density at radius 1 is 1.06 bits per heavy atom. The monoisotopic (exact) mass is 230 g/mol. The van der Waals surface area contributed by atoms with Crippen LogP contribution < -0.4 is 0 Å².